The Labute approximate surface area is 106 Å². The third-order valence-corrected chi connectivity index (χ3v) is 3.18. The fourth-order valence-corrected chi connectivity index (χ4v) is 1.87. The SMILES string of the molecule is CCC(CN)CC(=O)c1cc(Cl)ccc1Cl. The van der Waals surface area contributed by atoms with Crippen LogP contribution >= 0.6 is 23.2 Å². The van der Waals surface area contributed by atoms with Gasteiger partial charge in [-0.1, -0.05) is 36.5 Å². The number of nitrogens with two attached hydrogens (primary N) is 1. The Morgan fingerprint density at radius 2 is 2.12 bits per heavy atom. The van der Waals surface area contributed by atoms with Crippen molar-refractivity contribution in [2.24, 2.45) is 11.7 Å². The highest BCUT2D eigenvalue weighted by molar-refractivity contribution is 6.35. The number of carbonyl (C=O) groups excluding carboxylic acids is 1. The minimum absolute atomic E-state index is 0.00444. The zero-order valence-electron chi connectivity index (χ0n) is 9.17. The van der Waals surface area contributed by atoms with E-state index in [1.165, 1.54) is 0 Å². The van der Waals surface area contributed by atoms with E-state index in [1.807, 2.05) is 6.92 Å². The lowest BCUT2D eigenvalue weighted by Crippen LogP contribution is -2.17. The molecule has 0 radical (unpaired) electrons. The van der Waals surface area contributed by atoms with Gasteiger partial charge in [-0.15, -0.1) is 0 Å². The minimum Gasteiger partial charge on any atom is -0.330 e. The molecule has 0 aliphatic carbocycles. The predicted molar refractivity (Wildman–Crippen MR) is 68.2 cm³/mol. The van der Waals surface area contributed by atoms with Gasteiger partial charge >= 0.3 is 0 Å². The highest BCUT2D eigenvalue weighted by atomic mass is 35.5. The zero-order valence-corrected chi connectivity index (χ0v) is 10.7. The average molecular weight is 260 g/mol. The number of Topliss-reactive ketones (excluding diaryl/α,β-unsaturated/α-hetero) is 1. The normalized spacial score (nSPS) is 12.5. The molecule has 0 fully saturated rings. The van der Waals surface area contributed by atoms with Crippen LogP contribution in [0.5, 0.6) is 0 Å². The molecule has 0 bridgehead atoms. The number of benzene rings is 1. The maximum Gasteiger partial charge on any atom is 0.164 e. The number of carbonyl (C=O) groups is 1. The number of hydrogen-bond acceptors (Lipinski definition) is 2. The van der Waals surface area contributed by atoms with Crippen molar-refractivity contribution < 1.29 is 4.79 Å². The van der Waals surface area contributed by atoms with Crippen LogP contribution < -0.4 is 5.73 Å². The second-order valence-corrected chi connectivity index (χ2v) is 4.61. The Hall–Kier alpha value is -0.570. The first kappa shape index (κ1) is 13.5. The molecule has 0 aliphatic heterocycles. The van der Waals surface area contributed by atoms with E-state index in [2.05, 4.69) is 0 Å². The fourth-order valence-electron chi connectivity index (χ4n) is 1.48. The summed E-state index contributed by atoms with van der Waals surface area (Å²) in [5.74, 6) is 0.215. The van der Waals surface area contributed by atoms with Crippen molar-refractivity contribution in [3.8, 4) is 0 Å². The van der Waals surface area contributed by atoms with Crippen LogP contribution in [0.1, 0.15) is 30.1 Å². The highest BCUT2D eigenvalue weighted by Crippen LogP contribution is 2.23. The average Bonchev–Trinajstić information content (AvgIpc) is 2.28. The molecule has 0 aliphatic rings. The summed E-state index contributed by atoms with van der Waals surface area (Å²) in [5, 5.41) is 0.967. The zero-order chi connectivity index (χ0) is 12.1. The van der Waals surface area contributed by atoms with E-state index >= 15 is 0 Å². The van der Waals surface area contributed by atoms with Crippen molar-refractivity contribution >= 4 is 29.0 Å². The van der Waals surface area contributed by atoms with Crippen LogP contribution in [0, 0.1) is 5.92 Å². The molecule has 1 unspecified atom stereocenters. The quantitative estimate of drug-likeness (QED) is 0.822. The molecule has 2 nitrogen and oxygen atoms in total. The molecule has 2 N–H and O–H groups in total. The summed E-state index contributed by atoms with van der Waals surface area (Å²) in [7, 11) is 0. The molecule has 1 atom stereocenters. The smallest absolute Gasteiger partial charge is 0.164 e. The Morgan fingerprint density at radius 1 is 1.44 bits per heavy atom. The predicted octanol–water partition coefficient (Wildman–Crippen LogP) is 3.55. The molecule has 16 heavy (non-hydrogen) atoms. The summed E-state index contributed by atoms with van der Waals surface area (Å²) in [6, 6.07) is 4.91. The molecular weight excluding hydrogens is 245 g/mol. The molecule has 0 heterocycles. The monoisotopic (exact) mass is 259 g/mol. The van der Waals surface area contributed by atoms with Crippen LogP contribution in [0.25, 0.3) is 0 Å². The van der Waals surface area contributed by atoms with Crippen LogP contribution in [-0.2, 0) is 0 Å². The van der Waals surface area contributed by atoms with Gasteiger partial charge in [0.1, 0.15) is 0 Å². The first-order chi connectivity index (χ1) is 7.58. The van der Waals surface area contributed by atoms with Crippen LogP contribution in [0.3, 0.4) is 0 Å². The number of rotatable bonds is 5. The van der Waals surface area contributed by atoms with Crippen molar-refractivity contribution in [3.63, 3.8) is 0 Å². The van der Waals surface area contributed by atoms with Gasteiger partial charge in [0.05, 0.1) is 5.02 Å². The highest BCUT2D eigenvalue weighted by Gasteiger charge is 2.15. The van der Waals surface area contributed by atoms with Gasteiger partial charge < -0.3 is 5.73 Å². The van der Waals surface area contributed by atoms with E-state index in [-0.39, 0.29) is 11.7 Å². The Balaban J connectivity index is 2.83. The minimum atomic E-state index is 0.00444. The topological polar surface area (TPSA) is 43.1 Å². The van der Waals surface area contributed by atoms with Crippen LogP contribution in [0.15, 0.2) is 18.2 Å². The lowest BCUT2D eigenvalue weighted by Gasteiger charge is -2.11. The maximum absolute atomic E-state index is 11.9. The molecule has 1 aromatic carbocycles. The van der Waals surface area contributed by atoms with Gasteiger partial charge in [-0.25, -0.2) is 0 Å². The van der Waals surface area contributed by atoms with Crippen molar-refractivity contribution in [3.05, 3.63) is 33.8 Å². The van der Waals surface area contributed by atoms with Crippen molar-refractivity contribution in [1.82, 2.24) is 0 Å². The molecule has 1 aromatic rings. The van der Waals surface area contributed by atoms with E-state index in [4.69, 9.17) is 28.9 Å². The summed E-state index contributed by atoms with van der Waals surface area (Å²) in [5.41, 5.74) is 6.05. The molecule has 0 amide bonds. The Bertz CT molecular complexity index is 375. The first-order valence-electron chi connectivity index (χ1n) is 5.26. The van der Waals surface area contributed by atoms with Crippen LogP contribution in [0.4, 0.5) is 0 Å². The van der Waals surface area contributed by atoms with Gasteiger partial charge in [-0.3, -0.25) is 4.79 Å². The van der Waals surface area contributed by atoms with Crippen LogP contribution in [0.2, 0.25) is 10.0 Å². The standard InChI is InChI=1S/C12H15Cl2NO/c1-2-8(7-15)5-12(16)10-6-9(13)3-4-11(10)14/h3-4,6,8H,2,5,7,15H2,1H3. The third-order valence-electron chi connectivity index (χ3n) is 2.61. The second kappa shape index (κ2) is 6.24. The molecule has 88 valence electrons. The maximum atomic E-state index is 11.9. The molecule has 1 rings (SSSR count). The van der Waals surface area contributed by atoms with Gasteiger partial charge in [0.25, 0.3) is 0 Å². The summed E-state index contributed by atoms with van der Waals surface area (Å²) in [6.45, 7) is 2.53. The van der Waals surface area contributed by atoms with Gasteiger partial charge in [0.15, 0.2) is 5.78 Å². The number of halogens is 2. The summed E-state index contributed by atoms with van der Waals surface area (Å²) in [6.07, 6.45) is 1.31. The Morgan fingerprint density at radius 3 is 2.69 bits per heavy atom. The fraction of sp³-hybridized carbons (Fsp3) is 0.417. The van der Waals surface area contributed by atoms with E-state index in [9.17, 15) is 4.79 Å². The van der Waals surface area contributed by atoms with Gasteiger partial charge in [0, 0.05) is 17.0 Å². The molecule has 0 saturated carbocycles. The summed E-state index contributed by atoms with van der Waals surface area (Å²) in [4.78, 5) is 11.9. The number of ketones is 1. The third kappa shape index (κ3) is 3.48. The van der Waals surface area contributed by atoms with Crippen LogP contribution in [-0.4, -0.2) is 12.3 Å². The lowest BCUT2D eigenvalue weighted by molar-refractivity contribution is 0.0961. The number of hydrogen-bond donors (Lipinski definition) is 1. The molecule has 4 heteroatoms. The second-order valence-electron chi connectivity index (χ2n) is 3.76. The van der Waals surface area contributed by atoms with Gasteiger partial charge in [-0.05, 0) is 30.7 Å². The van der Waals surface area contributed by atoms with Crippen molar-refractivity contribution in [1.29, 1.82) is 0 Å². The molecule has 0 spiro atoms. The van der Waals surface area contributed by atoms with Crippen molar-refractivity contribution in [2.45, 2.75) is 19.8 Å². The van der Waals surface area contributed by atoms with Crippen molar-refractivity contribution in [2.75, 3.05) is 6.54 Å². The largest absolute Gasteiger partial charge is 0.330 e. The molecule has 0 saturated heterocycles. The Kier molecular flexibility index (Phi) is 5.26. The van der Waals surface area contributed by atoms with E-state index in [0.29, 0.717) is 28.6 Å². The lowest BCUT2D eigenvalue weighted by atomic mass is 9.96. The molecular formula is C12H15Cl2NO. The van der Waals surface area contributed by atoms with E-state index in [1.54, 1.807) is 18.2 Å². The summed E-state index contributed by atoms with van der Waals surface area (Å²) >= 11 is 11.8. The molecule has 0 aromatic heterocycles. The first-order valence-corrected chi connectivity index (χ1v) is 6.02. The van der Waals surface area contributed by atoms with Gasteiger partial charge in [0.2, 0.25) is 0 Å². The van der Waals surface area contributed by atoms with E-state index < -0.39 is 0 Å². The van der Waals surface area contributed by atoms with Gasteiger partial charge in [-0.2, -0.15) is 0 Å². The van der Waals surface area contributed by atoms with E-state index in [0.717, 1.165) is 6.42 Å². The summed E-state index contributed by atoms with van der Waals surface area (Å²) < 4.78 is 0.